The Balaban J connectivity index is 2.50. The minimum absolute atomic E-state index is 0.0108. The first-order valence-electron chi connectivity index (χ1n) is 5.93. The summed E-state index contributed by atoms with van der Waals surface area (Å²) in [7, 11) is -3.77. The zero-order chi connectivity index (χ0) is 14.5. The van der Waals surface area contributed by atoms with Crippen molar-refractivity contribution in [3.05, 3.63) is 0 Å². The highest BCUT2D eigenvalue weighted by atomic mass is 32.2. The predicted octanol–water partition coefficient (Wildman–Crippen LogP) is -1.21. The number of hydrogen-bond donors (Lipinski definition) is 3. The predicted molar refractivity (Wildman–Crippen MR) is 66.2 cm³/mol. The number of rotatable bonds is 7. The minimum atomic E-state index is -3.77. The lowest BCUT2D eigenvalue weighted by molar-refractivity contribution is -0.136. The number of nitrogens with zero attached hydrogens (tertiary/aromatic N) is 1. The van der Waals surface area contributed by atoms with E-state index in [4.69, 9.17) is 10.2 Å². The number of piperidine rings is 1. The average molecular weight is 294 g/mol. The maximum absolute atomic E-state index is 11.8. The van der Waals surface area contributed by atoms with Crippen molar-refractivity contribution in [2.24, 2.45) is 5.92 Å². The topological polar surface area (TPSA) is 124 Å². The minimum Gasteiger partial charge on any atom is -0.480 e. The van der Waals surface area contributed by atoms with E-state index < -0.39 is 27.7 Å². The van der Waals surface area contributed by atoms with Gasteiger partial charge in [-0.05, 0) is 25.3 Å². The number of carboxylic acid groups (broad SMARTS) is 2. The van der Waals surface area contributed by atoms with Crippen LogP contribution in [0.3, 0.4) is 0 Å². The summed E-state index contributed by atoms with van der Waals surface area (Å²) in [6, 6.07) is 0. The number of nitrogens with one attached hydrogen (secondary N) is 1. The maximum atomic E-state index is 11.8. The summed E-state index contributed by atoms with van der Waals surface area (Å²) < 4.78 is 24.7. The van der Waals surface area contributed by atoms with Gasteiger partial charge in [-0.1, -0.05) is 0 Å². The molecular formula is C10H18N2O6S. The van der Waals surface area contributed by atoms with Crippen LogP contribution < -0.4 is 5.32 Å². The summed E-state index contributed by atoms with van der Waals surface area (Å²) in [5.74, 6) is -3.23. The number of hydrogen-bond acceptors (Lipinski definition) is 5. The van der Waals surface area contributed by atoms with Crippen LogP contribution in [0.5, 0.6) is 0 Å². The quantitative estimate of drug-likeness (QED) is 0.538. The number of aliphatic carboxylic acids is 2. The molecule has 0 spiro atoms. The van der Waals surface area contributed by atoms with Gasteiger partial charge in [0, 0.05) is 13.1 Å². The summed E-state index contributed by atoms with van der Waals surface area (Å²) in [5, 5.41) is 19.8. The molecule has 0 bridgehead atoms. The summed E-state index contributed by atoms with van der Waals surface area (Å²) >= 11 is 0. The third kappa shape index (κ3) is 5.53. The van der Waals surface area contributed by atoms with E-state index in [0.29, 0.717) is 19.5 Å². The van der Waals surface area contributed by atoms with Crippen LogP contribution in [0.1, 0.15) is 12.8 Å². The molecule has 3 N–H and O–H groups in total. The summed E-state index contributed by atoms with van der Waals surface area (Å²) in [6.07, 6.45) is 1.45. The Morgan fingerprint density at radius 1 is 1.26 bits per heavy atom. The smallest absolute Gasteiger partial charge is 0.320 e. The second-order valence-corrected chi connectivity index (χ2v) is 6.51. The Kier molecular flexibility index (Phi) is 5.70. The van der Waals surface area contributed by atoms with Crippen molar-refractivity contribution in [2.75, 3.05) is 31.9 Å². The van der Waals surface area contributed by atoms with Crippen molar-refractivity contribution in [3.8, 4) is 0 Å². The van der Waals surface area contributed by atoms with Crippen molar-refractivity contribution in [1.29, 1.82) is 0 Å². The van der Waals surface area contributed by atoms with Crippen molar-refractivity contribution in [2.45, 2.75) is 12.8 Å². The van der Waals surface area contributed by atoms with Crippen molar-refractivity contribution >= 4 is 22.0 Å². The van der Waals surface area contributed by atoms with Crippen LogP contribution in [0, 0.1) is 5.92 Å². The molecule has 1 atom stereocenters. The molecule has 9 heteroatoms. The molecule has 1 rings (SSSR count). The van der Waals surface area contributed by atoms with Gasteiger partial charge in [0.2, 0.25) is 10.0 Å². The van der Waals surface area contributed by atoms with Gasteiger partial charge in [-0.25, -0.2) is 12.7 Å². The SMILES string of the molecule is O=C(O)CNCC1CCCN(S(=O)(=O)CC(=O)O)C1. The second kappa shape index (κ2) is 6.83. The molecule has 0 aromatic carbocycles. The third-order valence-corrected chi connectivity index (χ3v) is 4.62. The van der Waals surface area contributed by atoms with Crippen LogP contribution in [0.25, 0.3) is 0 Å². The van der Waals surface area contributed by atoms with E-state index in [9.17, 15) is 18.0 Å². The van der Waals surface area contributed by atoms with Gasteiger partial charge in [0.1, 0.15) is 0 Å². The maximum Gasteiger partial charge on any atom is 0.320 e. The molecule has 1 unspecified atom stereocenters. The number of sulfonamides is 1. The van der Waals surface area contributed by atoms with Gasteiger partial charge in [-0.3, -0.25) is 9.59 Å². The molecular weight excluding hydrogens is 276 g/mol. The molecule has 1 aliphatic rings. The molecule has 19 heavy (non-hydrogen) atoms. The zero-order valence-electron chi connectivity index (χ0n) is 10.4. The fourth-order valence-corrected chi connectivity index (χ4v) is 3.42. The zero-order valence-corrected chi connectivity index (χ0v) is 11.2. The van der Waals surface area contributed by atoms with Gasteiger partial charge < -0.3 is 15.5 Å². The van der Waals surface area contributed by atoms with Crippen molar-refractivity contribution in [1.82, 2.24) is 9.62 Å². The van der Waals surface area contributed by atoms with E-state index in [1.54, 1.807) is 0 Å². The van der Waals surface area contributed by atoms with Crippen LogP contribution in [0.15, 0.2) is 0 Å². The molecule has 1 heterocycles. The summed E-state index contributed by atoms with van der Waals surface area (Å²) in [4.78, 5) is 20.9. The standard InChI is InChI=1S/C10H18N2O6S/c13-9(14)5-11-4-8-2-1-3-12(6-8)19(17,18)7-10(15)16/h8,11H,1-7H2,(H,13,14)(H,15,16). The molecule has 110 valence electrons. The monoisotopic (exact) mass is 294 g/mol. The van der Waals surface area contributed by atoms with Gasteiger partial charge in [0.05, 0.1) is 6.54 Å². The summed E-state index contributed by atoms with van der Waals surface area (Å²) in [6.45, 7) is 0.803. The molecule has 0 aromatic rings. The molecule has 0 amide bonds. The Morgan fingerprint density at radius 3 is 2.53 bits per heavy atom. The molecule has 1 fully saturated rings. The largest absolute Gasteiger partial charge is 0.480 e. The van der Waals surface area contributed by atoms with Crippen LogP contribution in [-0.2, 0) is 19.6 Å². The molecule has 0 aliphatic carbocycles. The van der Waals surface area contributed by atoms with E-state index in [-0.39, 0.29) is 19.0 Å². The van der Waals surface area contributed by atoms with Crippen LogP contribution >= 0.6 is 0 Å². The van der Waals surface area contributed by atoms with E-state index in [0.717, 1.165) is 6.42 Å². The number of carboxylic acids is 2. The molecule has 0 aromatic heterocycles. The highest BCUT2D eigenvalue weighted by Crippen LogP contribution is 2.18. The first-order valence-corrected chi connectivity index (χ1v) is 7.54. The fourth-order valence-electron chi connectivity index (χ4n) is 2.08. The van der Waals surface area contributed by atoms with Crippen molar-refractivity contribution in [3.63, 3.8) is 0 Å². The van der Waals surface area contributed by atoms with E-state index in [1.165, 1.54) is 4.31 Å². The van der Waals surface area contributed by atoms with E-state index >= 15 is 0 Å². The van der Waals surface area contributed by atoms with Gasteiger partial charge in [0.25, 0.3) is 0 Å². The van der Waals surface area contributed by atoms with E-state index in [2.05, 4.69) is 5.32 Å². The molecule has 1 saturated heterocycles. The average Bonchev–Trinajstić information content (AvgIpc) is 2.27. The Hall–Kier alpha value is -1.19. The van der Waals surface area contributed by atoms with Gasteiger partial charge in [-0.15, -0.1) is 0 Å². The fraction of sp³-hybridized carbons (Fsp3) is 0.800. The highest BCUT2D eigenvalue weighted by Gasteiger charge is 2.30. The summed E-state index contributed by atoms with van der Waals surface area (Å²) in [5.41, 5.74) is 0. The third-order valence-electron chi connectivity index (χ3n) is 2.89. The lowest BCUT2D eigenvalue weighted by atomic mass is 10.00. The van der Waals surface area contributed by atoms with Crippen LogP contribution in [0.4, 0.5) is 0 Å². The Bertz CT molecular complexity index is 435. The van der Waals surface area contributed by atoms with Gasteiger partial charge >= 0.3 is 11.9 Å². The van der Waals surface area contributed by atoms with Crippen LogP contribution in [0.2, 0.25) is 0 Å². The van der Waals surface area contributed by atoms with Crippen LogP contribution in [-0.4, -0.2) is 66.8 Å². The Morgan fingerprint density at radius 2 is 1.95 bits per heavy atom. The lowest BCUT2D eigenvalue weighted by Crippen LogP contribution is -2.45. The number of carbonyl (C=O) groups is 2. The Labute approximate surface area is 111 Å². The van der Waals surface area contributed by atoms with Crippen molar-refractivity contribution < 1.29 is 28.2 Å². The molecule has 8 nitrogen and oxygen atoms in total. The molecule has 1 aliphatic heterocycles. The van der Waals surface area contributed by atoms with Gasteiger partial charge in [-0.2, -0.15) is 0 Å². The highest BCUT2D eigenvalue weighted by molar-refractivity contribution is 7.89. The normalized spacial score (nSPS) is 21.2. The molecule has 0 saturated carbocycles. The second-order valence-electron chi connectivity index (χ2n) is 4.54. The van der Waals surface area contributed by atoms with Gasteiger partial charge in [0.15, 0.2) is 5.75 Å². The lowest BCUT2D eigenvalue weighted by Gasteiger charge is -2.31. The first kappa shape index (κ1) is 15.9. The van der Waals surface area contributed by atoms with E-state index in [1.807, 2.05) is 0 Å². The molecule has 0 radical (unpaired) electrons. The first-order chi connectivity index (χ1) is 8.81.